The maximum absolute atomic E-state index is 13.3. The normalized spacial score (nSPS) is 17.6. The molecule has 3 amide bonds. The van der Waals surface area contributed by atoms with Crippen molar-refractivity contribution in [3.63, 3.8) is 0 Å². The number of nitrogens with one attached hydrogen (secondary N) is 2. The lowest BCUT2D eigenvalue weighted by atomic mass is 10.0. The van der Waals surface area contributed by atoms with Crippen molar-refractivity contribution < 1.29 is 28.7 Å². The maximum atomic E-state index is 13.3. The molecular formula is C26H35N3O6. The molecule has 1 saturated heterocycles. The number of carbonyl (C=O) groups is 4. The van der Waals surface area contributed by atoms with Crippen molar-refractivity contribution in [1.82, 2.24) is 15.5 Å². The molecule has 0 unspecified atom stereocenters. The molecule has 0 spiro atoms. The zero-order chi connectivity index (χ0) is 26.1. The van der Waals surface area contributed by atoms with Crippen LogP contribution < -0.4 is 15.4 Å². The van der Waals surface area contributed by atoms with E-state index in [1.54, 1.807) is 45.2 Å². The average Bonchev–Trinajstić information content (AvgIpc) is 3.21. The second-order valence-corrected chi connectivity index (χ2v) is 9.03. The fraction of sp³-hybridized carbons (Fsp3) is 0.462. The predicted octanol–water partition coefficient (Wildman–Crippen LogP) is 1.91. The Morgan fingerprint density at radius 2 is 1.66 bits per heavy atom. The zero-order valence-electron chi connectivity index (χ0n) is 21.2. The van der Waals surface area contributed by atoms with E-state index in [4.69, 9.17) is 9.47 Å². The Balaban J connectivity index is 2.22. The molecule has 1 heterocycles. The molecule has 35 heavy (non-hydrogen) atoms. The summed E-state index contributed by atoms with van der Waals surface area (Å²) in [4.78, 5) is 52.2. The van der Waals surface area contributed by atoms with Crippen LogP contribution in [-0.4, -0.2) is 67.5 Å². The Hall–Kier alpha value is -3.62. The number of methoxy groups -OCH3 is 2. The Morgan fingerprint density at radius 1 is 1.03 bits per heavy atom. The summed E-state index contributed by atoms with van der Waals surface area (Å²) in [5, 5.41) is 5.60. The molecule has 3 atom stereocenters. The van der Waals surface area contributed by atoms with Crippen LogP contribution in [0.3, 0.4) is 0 Å². The second kappa shape index (κ2) is 12.7. The smallest absolute Gasteiger partial charge is 0.328 e. The molecule has 0 bridgehead atoms. The zero-order valence-corrected chi connectivity index (χ0v) is 21.2. The van der Waals surface area contributed by atoms with Gasteiger partial charge < -0.3 is 25.0 Å². The molecule has 1 aromatic carbocycles. The van der Waals surface area contributed by atoms with Crippen LogP contribution in [0, 0.1) is 0 Å². The van der Waals surface area contributed by atoms with Crippen LogP contribution in [0.25, 0.3) is 0 Å². The molecule has 1 fully saturated rings. The fourth-order valence-corrected chi connectivity index (χ4v) is 3.87. The lowest BCUT2D eigenvalue weighted by Crippen LogP contribution is -2.51. The van der Waals surface area contributed by atoms with Crippen molar-refractivity contribution in [3.05, 3.63) is 53.1 Å². The van der Waals surface area contributed by atoms with E-state index in [1.165, 1.54) is 24.2 Å². The van der Waals surface area contributed by atoms with Crippen LogP contribution >= 0.6 is 0 Å². The van der Waals surface area contributed by atoms with Gasteiger partial charge in [-0.3, -0.25) is 14.4 Å². The number of rotatable bonds is 9. The van der Waals surface area contributed by atoms with Gasteiger partial charge in [-0.1, -0.05) is 23.3 Å². The van der Waals surface area contributed by atoms with Gasteiger partial charge in [-0.05, 0) is 51.8 Å². The average molecular weight is 486 g/mol. The van der Waals surface area contributed by atoms with E-state index in [0.29, 0.717) is 5.75 Å². The Kier molecular flexibility index (Phi) is 10.1. The van der Waals surface area contributed by atoms with E-state index >= 15 is 0 Å². The van der Waals surface area contributed by atoms with Crippen molar-refractivity contribution in [1.29, 1.82) is 0 Å². The standard InChI is InChI=1S/C26H35N3O6/c1-16(2)11-23(30)27-19-14-22(29(15-19)24(31)12-17(3)4)25(32)28-21(26(33)35-6)13-18-7-9-20(34-5)10-8-18/h7-12,19,21-22H,13-15H2,1-6H3,(H,27,30)(H,28,32)/t19-,21-,22-/m0/s1. The topological polar surface area (TPSA) is 114 Å². The molecular weight excluding hydrogens is 450 g/mol. The summed E-state index contributed by atoms with van der Waals surface area (Å²) < 4.78 is 10.1. The minimum Gasteiger partial charge on any atom is -0.497 e. The molecule has 190 valence electrons. The minimum atomic E-state index is -0.944. The van der Waals surface area contributed by atoms with Gasteiger partial charge in [0.1, 0.15) is 17.8 Å². The number of carbonyl (C=O) groups excluding carboxylic acids is 4. The molecule has 0 aromatic heterocycles. The van der Waals surface area contributed by atoms with Crippen LogP contribution in [0.4, 0.5) is 0 Å². The van der Waals surface area contributed by atoms with Gasteiger partial charge in [-0.25, -0.2) is 4.79 Å². The molecule has 1 aliphatic heterocycles. The van der Waals surface area contributed by atoms with Gasteiger partial charge in [0.05, 0.1) is 14.2 Å². The quantitative estimate of drug-likeness (QED) is 0.408. The number of allylic oxidation sites excluding steroid dienone is 2. The molecule has 1 aliphatic rings. The molecule has 9 nitrogen and oxygen atoms in total. The van der Waals surface area contributed by atoms with Crippen molar-refractivity contribution in [2.75, 3.05) is 20.8 Å². The van der Waals surface area contributed by atoms with Crippen molar-refractivity contribution in [2.45, 2.75) is 58.7 Å². The van der Waals surface area contributed by atoms with Gasteiger partial charge in [-0.2, -0.15) is 0 Å². The highest BCUT2D eigenvalue weighted by Crippen LogP contribution is 2.20. The molecule has 0 radical (unpaired) electrons. The van der Waals surface area contributed by atoms with Gasteiger partial charge in [0.25, 0.3) is 0 Å². The molecule has 2 N–H and O–H groups in total. The highest BCUT2D eigenvalue weighted by atomic mass is 16.5. The first-order valence-corrected chi connectivity index (χ1v) is 11.5. The van der Waals surface area contributed by atoms with Crippen LogP contribution in [0.15, 0.2) is 47.6 Å². The predicted molar refractivity (Wildman–Crippen MR) is 132 cm³/mol. The lowest BCUT2D eigenvalue weighted by Gasteiger charge is -2.25. The Morgan fingerprint density at radius 3 is 2.20 bits per heavy atom. The Bertz CT molecular complexity index is 991. The Labute approximate surface area is 206 Å². The molecule has 1 aromatic rings. The first-order chi connectivity index (χ1) is 16.5. The van der Waals surface area contributed by atoms with Gasteiger partial charge >= 0.3 is 5.97 Å². The summed E-state index contributed by atoms with van der Waals surface area (Å²) in [5.41, 5.74) is 2.43. The van der Waals surface area contributed by atoms with Gasteiger partial charge in [-0.15, -0.1) is 0 Å². The molecule has 9 heteroatoms. The highest BCUT2D eigenvalue weighted by Gasteiger charge is 2.40. The van der Waals surface area contributed by atoms with Gasteiger partial charge in [0.2, 0.25) is 17.7 Å². The van der Waals surface area contributed by atoms with E-state index in [2.05, 4.69) is 10.6 Å². The van der Waals surface area contributed by atoms with Crippen LogP contribution in [0.1, 0.15) is 39.7 Å². The third kappa shape index (κ3) is 8.27. The lowest BCUT2D eigenvalue weighted by molar-refractivity contribution is -0.146. The molecule has 0 saturated carbocycles. The number of nitrogens with zero attached hydrogens (tertiary/aromatic N) is 1. The first-order valence-electron chi connectivity index (χ1n) is 11.5. The summed E-state index contributed by atoms with van der Waals surface area (Å²) in [6.45, 7) is 7.39. The summed E-state index contributed by atoms with van der Waals surface area (Å²) >= 11 is 0. The van der Waals surface area contributed by atoms with Crippen molar-refractivity contribution in [3.8, 4) is 5.75 Å². The number of esters is 1. The SMILES string of the molecule is COC(=O)[C@H](Cc1ccc(OC)cc1)NC(=O)[C@@H]1C[C@H](NC(=O)C=C(C)C)CN1C(=O)C=C(C)C. The van der Waals surface area contributed by atoms with Crippen LogP contribution in [0.5, 0.6) is 5.75 Å². The van der Waals surface area contributed by atoms with E-state index in [-0.39, 0.29) is 31.2 Å². The van der Waals surface area contributed by atoms with Crippen LogP contribution in [0.2, 0.25) is 0 Å². The van der Waals surface area contributed by atoms with E-state index in [9.17, 15) is 19.2 Å². The number of likely N-dealkylation sites (tertiary alicyclic amines) is 1. The number of amides is 3. The maximum Gasteiger partial charge on any atom is 0.328 e. The van der Waals surface area contributed by atoms with Crippen molar-refractivity contribution >= 4 is 23.7 Å². The number of hydrogen-bond donors (Lipinski definition) is 2. The second-order valence-electron chi connectivity index (χ2n) is 9.03. The van der Waals surface area contributed by atoms with E-state index in [1.807, 2.05) is 13.8 Å². The fourth-order valence-electron chi connectivity index (χ4n) is 3.87. The molecule has 0 aliphatic carbocycles. The van der Waals surface area contributed by atoms with Gasteiger partial charge in [0.15, 0.2) is 0 Å². The number of ether oxygens (including phenoxy) is 2. The summed E-state index contributed by atoms with van der Waals surface area (Å²) in [6.07, 6.45) is 3.36. The van der Waals surface area contributed by atoms with E-state index < -0.39 is 30.0 Å². The van der Waals surface area contributed by atoms with Crippen molar-refractivity contribution in [2.24, 2.45) is 0 Å². The monoisotopic (exact) mass is 485 g/mol. The first kappa shape index (κ1) is 27.6. The minimum absolute atomic E-state index is 0.185. The van der Waals surface area contributed by atoms with Crippen LogP contribution in [-0.2, 0) is 30.3 Å². The number of hydrogen-bond acceptors (Lipinski definition) is 6. The summed E-state index contributed by atoms with van der Waals surface area (Å²) in [7, 11) is 2.82. The number of benzene rings is 1. The van der Waals surface area contributed by atoms with Gasteiger partial charge in [0, 0.05) is 31.2 Å². The highest BCUT2D eigenvalue weighted by molar-refractivity contribution is 5.95. The summed E-state index contributed by atoms with van der Waals surface area (Å²) in [6, 6.07) is 4.94. The third-order valence-electron chi connectivity index (χ3n) is 5.47. The molecule has 2 rings (SSSR count). The third-order valence-corrected chi connectivity index (χ3v) is 5.47. The summed E-state index contributed by atoms with van der Waals surface area (Å²) in [5.74, 6) is -1.01. The van der Waals surface area contributed by atoms with E-state index in [0.717, 1.165) is 16.7 Å². The largest absolute Gasteiger partial charge is 0.497 e.